The number of halogens is 4. The average Bonchev–Trinajstić information content (AvgIpc) is 2.77. The van der Waals surface area contributed by atoms with E-state index in [1.54, 1.807) is 0 Å². The first-order valence-corrected chi connectivity index (χ1v) is 7.63. The van der Waals surface area contributed by atoms with Gasteiger partial charge in [0.1, 0.15) is 0 Å². The van der Waals surface area contributed by atoms with Gasteiger partial charge in [0, 0.05) is 24.2 Å². The van der Waals surface area contributed by atoms with E-state index >= 15 is 0 Å². The number of hydrogen-bond donors (Lipinski definition) is 2. The standard InChI is InChI=1S/C16H19F3N2O.ClH/c17-16(18,19)11-2-1-3-12(9-11)21-15(22)8-10-6-13-4-5-14(7-10)20-13;/h1-3,9-10,13-14,20H,4-8H2,(H,21,22);1H. The predicted octanol–water partition coefficient (Wildman–Crippen LogP) is 3.99. The minimum Gasteiger partial charge on any atom is -0.326 e. The molecule has 128 valence electrons. The lowest BCUT2D eigenvalue weighted by atomic mass is 9.89. The molecule has 0 spiro atoms. The van der Waals surface area contributed by atoms with E-state index in [1.807, 2.05) is 0 Å². The zero-order chi connectivity index (χ0) is 15.7. The van der Waals surface area contributed by atoms with Gasteiger partial charge < -0.3 is 10.6 Å². The normalized spacial score (nSPS) is 26.5. The summed E-state index contributed by atoms with van der Waals surface area (Å²) in [5, 5.41) is 6.10. The lowest BCUT2D eigenvalue weighted by Crippen LogP contribution is -2.39. The zero-order valence-electron chi connectivity index (χ0n) is 12.5. The third kappa shape index (κ3) is 4.61. The number of carbonyl (C=O) groups excluding carboxylic acids is 1. The molecule has 2 fully saturated rings. The summed E-state index contributed by atoms with van der Waals surface area (Å²) in [6.45, 7) is 0. The number of carbonyl (C=O) groups is 1. The van der Waals surface area contributed by atoms with E-state index in [2.05, 4.69) is 10.6 Å². The Morgan fingerprint density at radius 1 is 1.22 bits per heavy atom. The number of fused-ring (bicyclic) bond motifs is 2. The highest BCUT2D eigenvalue weighted by Crippen LogP contribution is 2.33. The van der Waals surface area contributed by atoms with Crippen molar-refractivity contribution in [3.05, 3.63) is 29.8 Å². The van der Waals surface area contributed by atoms with Gasteiger partial charge in [-0.3, -0.25) is 4.79 Å². The lowest BCUT2D eigenvalue weighted by molar-refractivity contribution is -0.137. The van der Waals surface area contributed by atoms with Crippen LogP contribution in [0, 0.1) is 5.92 Å². The summed E-state index contributed by atoms with van der Waals surface area (Å²) in [6, 6.07) is 5.78. The van der Waals surface area contributed by atoms with Crippen LogP contribution in [0.1, 0.15) is 37.7 Å². The Morgan fingerprint density at radius 2 is 1.87 bits per heavy atom. The molecule has 0 aromatic heterocycles. The van der Waals surface area contributed by atoms with Crippen LogP contribution in [-0.4, -0.2) is 18.0 Å². The van der Waals surface area contributed by atoms with Crippen molar-refractivity contribution >= 4 is 24.0 Å². The molecule has 0 radical (unpaired) electrons. The number of rotatable bonds is 3. The highest BCUT2D eigenvalue weighted by molar-refractivity contribution is 5.90. The van der Waals surface area contributed by atoms with Crippen molar-refractivity contribution in [1.82, 2.24) is 5.32 Å². The topological polar surface area (TPSA) is 41.1 Å². The maximum atomic E-state index is 12.7. The van der Waals surface area contributed by atoms with Crippen LogP contribution in [-0.2, 0) is 11.0 Å². The van der Waals surface area contributed by atoms with Crippen molar-refractivity contribution in [3.63, 3.8) is 0 Å². The van der Waals surface area contributed by atoms with E-state index in [0.717, 1.165) is 37.8 Å². The van der Waals surface area contributed by atoms with Crippen LogP contribution >= 0.6 is 12.4 Å². The van der Waals surface area contributed by atoms with Gasteiger partial charge >= 0.3 is 6.18 Å². The summed E-state index contributed by atoms with van der Waals surface area (Å²) >= 11 is 0. The van der Waals surface area contributed by atoms with E-state index in [-0.39, 0.29) is 24.0 Å². The number of nitrogens with one attached hydrogen (secondary N) is 2. The van der Waals surface area contributed by atoms with Crippen molar-refractivity contribution in [2.45, 2.75) is 50.4 Å². The fraction of sp³-hybridized carbons (Fsp3) is 0.562. The zero-order valence-corrected chi connectivity index (χ0v) is 13.3. The van der Waals surface area contributed by atoms with Crippen LogP contribution < -0.4 is 10.6 Å². The van der Waals surface area contributed by atoms with Crippen LogP contribution in [0.25, 0.3) is 0 Å². The predicted molar refractivity (Wildman–Crippen MR) is 84.6 cm³/mol. The highest BCUT2D eigenvalue weighted by Gasteiger charge is 2.34. The Balaban J connectivity index is 0.00000192. The third-order valence-electron chi connectivity index (χ3n) is 4.52. The van der Waals surface area contributed by atoms with Gasteiger partial charge in [0.05, 0.1) is 5.56 Å². The summed E-state index contributed by atoms with van der Waals surface area (Å²) < 4.78 is 38.0. The average molecular weight is 349 g/mol. The van der Waals surface area contributed by atoms with Gasteiger partial charge in [0.2, 0.25) is 5.91 Å². The number of piperidine rings is 1. The molecule has 1 aromatic rings. The van der Waals surface area contributed by atoms with Crippen molar-refractivity contribution in [2.24, 2.45) is 5.92 Å². The van der Waals surface area contributed by atoms with Crippen LogP contribution in [0.15, 0.2) is 24.3 Å². The first-order chi connectivity index (χ1) is 10.4. The minimum atomic E-state index is -4.39. The van der Waals surface area contributed by atoms with Gasteiger partial charge in [-0.2, -0.15) is 13.2 Å². The monoisotopic (exact) mass is 348 g/mol. The maximum absolute atomic E-state index is 12.7. The number of anilines is 1. The van der Waals surface area contributed by atoms with E-state index in [4.69, 9.17) is 0 Å². The van der Waals surface area contributed by atoms with Crippen LogP contribution in [0.2, 0.25) is 0 Å². The number of benzene rings is 1. The Kier molecular flexibility index (Phi) is 5.57. The minimum absolute atomic E-state index is 0. The van der Waals surface area contributed by atoms with Crippen molar-refractivity contribution in [3.8, 4) is 0 Å². The highest BCUT2D eigenvalue weighted by atomic mass is 35.5. The summed E-state index contributed by atoms with van der Waals surface area (Å²) in [5.41, 5.74) is -0.540. The van der Waals surface area contributed by atoms with Crippen molar-refractivity contribution in [2.75, 3.05) is 5.32 Å². The molecule has 7 heteroatoms. The summed E-state index contributed by atoms with van der Waals surface area (Å²) in [7, 11) is 0. The molecular formula is C16H20ClF3N2O. The quantitative estimate of drug-likeness (QED) is 0.867. The van der Waals surface area contributed by atoms with Crippen LogP contribution in [0.5, 0.6) is 0 Å². The second-order valence-corrected chi connectivity index (χ2v) is 6.31. The summed E-state index contributed by atoms with van der Waals surface area (Å²) in [5.74, 6) is 0.121. The Labute approximate surface area is 139 Å². The molecule has 2 heterocycles. The lowest BCUT2D eigenvalue weighted by Gasteiger charge is -2.28. The van der Waals surface area contributed by atoms with Gasteiger partial charge in [-0.05, 0) is 49.8 Å². The fourth-order valence-electron chi connectivity index (χ4n) is 3.59. The summed E-state index contributed by atoms with van der Waals surface area (Å²) in [4.78, 5) is 12.1. The summed E-state index contributed by atoms with van der Waals surface area (Å²) in [6.07, 6.45) is 0.270. The molecule has 2 aliphatic rings. The number of hydrogen-bond acceptors (Lipinski definition) is 2. The van der Waals surface area contributed by atoms with Gasteiger partial charge in [-0.15, -0.1) is 12.4 Å². The van der Waals surface area contributed by atoms with E-state index in [0.29, 0.717) is 24.4 Å². The first-order valence-electron chi connectivity index (χ1n) is 7.63. The molecule has 2 unspecified atom stereocenters. The number of amides is 1. The number of alkyl halides is 3. The molecule has 2 atom stereocenters. The van der Waals surface area contributed by atoms with E-state index in [1.165, 1.54) is 12.1 Å². The molecule has 23 heavy (non-hydrogen) atoms. The van der Waals surface area contributed by atoms with Crippen molar-refractivity contribution in [1.29, 1.82) is 0 Å². The second-order valence-electron chi connectivity index (χ2n) is 6.31. The van der Waals surface area contributed by atoms with E-state index < -0.39 is 11.7 Å². The van der Waals surface area contributed by atoms with Crippen LogP contribution in [0.3, 0.4) is 0 Å². The first kappa shape index (κ1) is 18.1. The molecule has 2 N–H and O–H groups in total. The molecule has 0 saturated carbocycles. The molecule has 2 saturated heterocycles. The molecule has 2 aliphatic heterocycles. The smallest absolute Gasteiger partial charge is 0.326 e. The largest absolute Gasteiger partial charge is 0.416 e. The SMILES string of the molecule is Cl.O=C(CC1CC2CCC(C1)N2)Nc1cccc(C(F)(F)F)c1. The van der Waals surface area contributed by atoms with Gasteiger partial charge in [0.15, 0.2) is 0 Å². The van der Waals surface area contributed by atoms with Crippen molar-refractivity contribution < 1.29 is 18.0 Å². The Morgan fingerprint density at radius 3 is 2.48 bits per heavy atom. The molecular weight excluding hydrogens is 329 g/mol. The van der Waals surface area contributed by atoms with Gasteiger partial charge in [-0.1, -0.05) is 6.07 Å². The Bertz CT molecular complexity index is 553. The van der Waals surface area contributed by atoms with Crippen LogP contribution in [0.4, 0.5) is 18.9 Å². The molecule has 1 amide bonds. The second kappa shape index (κ2) is 7.09. The Hall–Kier alpha value is -1.27. The van der Waals surface area contributed by atoms with Gasteiger partial charge in [-0.25, -0.2) is 0 Å². The molecule has 0 aliphatic carbocycles. The molecule has 3 nitrogen and oxygen atoms in total. The fourth-order valence-corrected chi connectivity index (χ4v) is 3.59. The molecule has 3 rings (SSSR count). The van der Waals surface area contributed by atoms with Gasteiger partial charge in [0.25, 0.3) is 0 Å². The molecule has 2 bridgehead atoms. The maximum Gasteiger partial charge on any atom is 0.416 e. The molecule has 1 aromatic carbocycles. The van der Waals surface area contributed by atoms with E-state index in [9.17, 15) is 18.0 Å². The third-order valence-corrected chi connectivity index (χ3v) is 4.52.